The molecule has 0 amide bonds. The smallest absolute Gasteiger partial charge is 0.119 e. The normalized spacial score (nSPS) is 25.4. The Hall–Kier alpha value is -1.63. The maximum atomic E-state index is 10.1. The van der Waals surface area contributed by atoms with Gasteiger partial charge < -0.3 is 24.8 Å². The fraction of sp³-hybridized carbons (Fsp3) is 0.429. The summed E-state index contributed by atoms with van der Waals surface area (Å²) in [7, 11) is 0. The third-order valence-corrected chi connectivity index (χ3v) is 5.19. The zero-order valence-electron chi connectivity index (χ0n) is 15.2. The van der Waals surface area contributed by atoms with Crippen molar-refractivity contribution in [2.24, 2.45) is 0 Å². The van der Waals surface area contributed by atoms with E-state index in [1.807, 2.05) is 49.4 Å². The summed E-state index contributed by atoms with van der Waals surface area (Å²) in [5.41, 5.74) is 2.92. The molecule has 0 radical (unpaired) electrons. The molecule has 2 aromatic rings. The Labute approximate surface area is 164 Å². The minimum absolute atomic E-state index is 0.266. The molecule has 1 aliphatic rings. The maximum absolute atomic E-state index is 10.1. The van der Waals surface area contributed by atoms with E-state index in [1.54, 1.807) is 0 Å². The van der Waals surface area contributed by atoms with Crippen LogP contribution in [0.15, 0.2) is 42.5 Å². The first-order valence-corrected chi connectivity index (χ1v) is 9.52. The van der Waals surface area contributed by atoms with Gasteiger partial charge in [0.2, 0.25) is 0 Å². The molecule has 3 rings (SSSR count). The van der Waals surface area contributed by atoms with E-state index < -0.39 is 24.4 Å². The topological polar surface area (TPSA) is 79.2 Å². The quantitative estimate of drug-likeness (QED) is 0.704. The lowest BCUT2D eigenvalue weighted by Gasteiger charge is -2.36. The first kappa shape index (κ1) is 20.1. The fourth-order valence-electron chi connectivity index (χ4n) is 3.34. The number of halogens is 1. The largest absolute Gasteiger partial charge is 0.494 e. The predicted octanol–water partition coefficient (Wildman–Crippen LogP) is 2.87. The second-order valence-corrected chi connectivity index (χ2v) is 7.15. The van der Waals surface area contributed by atoms with Crippen molar-refractivity contribution in [2.75, 3.05) is 13.2 Å². The lowest BCUT2D eigenvalue weighted by molar-refractivity contribution is -0.181. The summed E-state index contributed by atoms with van der Waals surface area (Å²) in [6, 6.07) is 13.5. The van der Waals surface area contributed by atoms with Crippen molar-refractivity contribution in [2.45, 2.75) is 44.2 Å². The molecule has 0 aliphatic carbocycles. The average Bonchev–Trinajstić information content (AvgIpc) is 2.67. The van der Waals surface area contributed by atoms with Crippen LogP contribution in [-0.2, 0) is 11.2 Å². The maximum Gasteiger partial charge on any atom is 0.119 e. The molecule has 146 valence electrons. The molecule has 0 unspecified atom stereocenters. The molecule has 27 heavy (non-hydrogen) atoms. The molecule has 1 saturated heterocycles. The Morgan fingerprint density at radius 3 is 2.56 bits per heavy atom. The van der Waals surface area contributed by atoms with Crippen LogP contribution in [-0.4, -0.2) is 46.8 Å². The van der Waals surface area contributed by atoms with E-state index in [2.05, 4.69) is 0 Å². The molecule has 2 aromatic carbocycles. The summed E-state index contributed by atoms with van der Waals surface area (Å²) in [6.45, 7) is 2.23. The highest BCUT2D eigenvalue weighted by Gasteiger charge is 2.37. The van der Waals surface area contributed by atoms with Gasteiger partial charge in [0.15, 0.2) is 0 Å². The van der Waals surface area contributed by atoms with Gasteiger partial charge in [-0.25, -0.2) is 0 Å². The Morgan fingerprint density at radius 2 is 1.89 bits per heavy atom. The predicted molar refractivity (Wildman–Crippen MR) is 103 cm³/mol. The second kappa shape index (κ2) is 9.04. The highest BCUT2D eigenvalue weighted by atomic mass is 35.5. The number of aliphatic hydroxyl groups is 3. The molecule has 0 spiro atoms. The average molecular weight is 393 g/mol. The lowest BCUT2D eigenvalue weighted by Crippen LogP contribution is -2.47. The highest BCUT2D eigenvalue weighted by molar-refractivity contribution is 6.31. The van der Waals surface area contributed by atoms with E-state index in [4.69, 9.17) is 21.1 Å². The van der Waals surface area contributed by atoms with Gasteiger partial charge in [-0.2, -0.15) is 0 Å². The van der Waals surface area contributed by atoms with Crippen molar-refractivity contribution in [3.63, 3.8) is 0 Å². The number of hydrogen-bond acceptors (Lipinski definition) is 5. The number of aliphatic hydroxyl groups excluding tert-OH is 3. The van der Waals surface area contributed by atoms with Crippen molar-refractivity contribution in [1.82, 2.24) is 0 Å². The summed E-state index contributed by atoms with van der Waals surface area (Å²) < 4.78 is 11.2. The Bertz CT molecular complexity index is 749. The van der Waals surface area contributed by atoms with Gasteiger partial charge in [0.25, 0.3) is 0 Å². The van der Waals surface area contributed by atoms with E-state index in [0.29, 0.717) is 18.1 Å². The Balaban J connectivity index is 1.78. The van der Waals surface area contributed by atoms with Crippen LogP contribution in [0.5, 0.6) is 5.75 Å². The van der Waals surface area contributed by atoms with Gasteiger partial charge in [-0.05, 0) is 48.2 Å². The Kier molecular flexibility index (Phi) is 6.73. The van der Waals surface area contributed by atoms with Gasteiger partial charge in [0, 0.05) is 11.4 Å². The molecular formula is C21H25ClO5. The summed E-state index contributed by atoms with van der Waals surface area (Å²) >= 11 is 6.38. The minimum Gasteiger partial charge on any atom is -0.494 e. The molecule has 3 N–H and O–H groups in total. The summed E-state index contributed by atoms with van der Waals surface area (Å²) in [6.07, 6.45) is -2.31. The molecule has 1 heterocycles. The van der Waals surface area contributed by atoms with Gasteiger partial charge in [-0.3, -0.25) is 0 Å². The molecule has 4 atom stereocenters. The number of hydrogen-bond donors (Lipinski definition) is 3. The van der Waals surface area contributed by atoms with Crippen LogP contribution in [0.4, 0.5) is 0 Å². The molecule has 6 heteroatoms. The van der Waals surface area contributed by atoms with E-state index in [9.17, 15) is 15.3 Å². The van der Waals surface area contributed by atoms with Crippen LogP contribution in [0.25, 0.3) is 0 Å². The monoisotopic (exact) mass is 392 g/mol. The van der Waals surface area contributed by atoms with Crippen molar-refractivity contribution < 1.29 is 24.8 Å². The summed E-state index contributed by atoms with van der Waals surface area (Å²) in [5, 5.41) is 30.0. The van der Waals surface area contributed by atoms with Crippen molar-refractivity contribution >= 4 is 11.6 Å². The number of ether oxygens (including phenoxy) is 2. The SMILES string of the molecule is CCOc1ccc(Cc2cc([C@H]3C[C@@H](O)[C@H](O)[C@@H](CO)O3)ccc2Cl)cc1. The third-order valence-electron chi connectivity index (χ3n) is 4.82. The van der Waals surface area contributed by atoms with Crippen LogP contribution in [0.1, 0.15) is 36.1 Å². The molecule has 1 fully saturated rings. The standard InChI is InChI=1S/C21H25ClO5/c1-2-26-16-6-3-13(4-7-16)9-15-10-14(5-8-17(15)22)19-11-18(24)21(25)20(12-23)27-19/h3-8,10,18-21,23-25H,2,9,11-12H2,1H3/t18-,19-,20-,21+/m1/s1. The number of rotatable bonds is 6. The lowest BCUT2D eigenvalue weighted by atomic mass is 9.92. The minimum atomic E-state index is -1.08. The van der Waals surface area contributed by atoms with Gasteiger partial charge in [-0.1, -0.05) is 35.9 Å². The molecule has 0 saturated carbocycles. The van der Waals surface area contributed by atoms with Gasteiger partial charge in [0.05, 0.1) is 25.4 Å². The van der Waals surface area contributed by atoms with Crippen LogP contribution < -0.4 is 4.74 Å². The fourth-order valence-corrected chi connectivity index (χ4v) is 3.52. The second-order valence-electron chi connectivity index (χ2n) is 6.74. The highest BCUT2D eigenvalue weighted by Crippen LogP contribution is 2.34. The van der Waals surface area contributed by atoms with E-state index in [1.165, 1.54) is 0 Å². The van der Waals surface area contributed by atoms with Crippen LogP contribution in [0.2, 0.25) is 5.02 Å². The van der Waals surface area contributed by atoms with Gasteiger partial charge >= 0.3 is 0 Å². The first-order valence-electron chi connectivity index (χ1n) is 9.14. The zero-order valence-corrected chi connectivity index (χ0v) is 16.0. The van der Waals surface area contributed by atoms with Crippen molar-refractivity contribution in [3.05, 3.63) is 64.2 Å². The molecule has 5 nitrogen and oxygen atoms in total. The molecule has 1 aliphatic heterocycles. The first-order chi connectivity index (χ1) is 13.0. The van der Waals surface area contributed by atoms with E-state index in [0.717, 1.165) is 22.4 Å². The zero-order chi connectivity index (χ0) is 19.4. The van der Waals surface area contributed by atoms with Gasteiger partial charge in [-0.15, -0.1) is 0 Å². The summed E-state index contributed by atoms with van der Waals surface area (Å²) in [5.74, 6) is 0.833. The molecule has 0 aromatic heterocycles. The van der Waals surface area contributed by atoms with E-state index in [-0.39, 0.29) is 13.0 Å². The van der Waals surface area contributed by atoms with E-state index >= 15 is 0 Å². The number of benzene rings is 2. The third kappa shape index (κ3) is 4.81. The Morgan fingerprint density at radius 1 is 1.15 bits per heavy atom. The van der Waals surface area contributed by atoms with Crippen molar-refractivity contribution in [3.8, 4) is 5.75 Å². The molecule has 0 bridgehead atoms. The van der Waals surface area contributed by atoms with Crippen LogP contribution in [0, 0.1) is 0 Å². The van der Waals surface area contributed by atoms with Gasteiger partial charge in [0.1, 0.15) is 18.0 Å². The summed E-state index contributed by atoms with van der Waals surface area (Å²) in [4.78, 5) is 0. The van der Waals surface area contributed by atoms with Crippen LogP contribution in [0.3, 0.4) is 0 Å². The van der Waals surface area contributed by atoms with Crippen LogP contribution >= 0.6 is 11.6 Å². The van der Waals surface area contributed by atoms with Crippen molar-refractivity contribution in [1.29, 1.82) is 0 Å². The molecular weight excluding hydrogens is 368 g/mol.